The minimum absolute atomic E-state index is 0.0867. The molecule has 1 N–H and O–H groups in total. The predicted molar refractivity (Wildman–Crippen MR) is 87.2 cm³/mol. The SMILES string of the molecule is Cc1cc(NC(=O)COc2ccc(-c3ccccc3)cc2)no1. The van der Waals surface area contributed by atoms with Gasteiger partial charge in [-0.05, 0) is 30.2 Å². The summed E-state index contributed by atoms with van der Waals surface area (Å²) in [5, 5.41) is 6.29. The lowest BCUT2D eigenvalue weighted by Crippen LogP contribution is -2.20. The molecule has 1 aromatic heterocycles. The van der Waals surface area contributed by atoms with Crippen molar-refractivity contribution in [2.75, 3.05) is 11.9 Å². The summed E-state index contributed by atoms with van der Waals surface area (Å²) in [6, 6.07) is 19.3. The van der Waals surface area contributed by atoms with Crippen LogP contribution in [0.4, 0.5) is 5.82 Å². The molecule has 0 fully saturated rings. The predicted octanol–water partition coefficient (Wildman–Crippen LogP) is 3.67. The van der Waals surface area contributed by atoms with Crippen molar-refractivity contribution in [3.63, 3.8) is 0 Å². The first-order valence-electron chi connectivity index (χ1n) is 7.22. The maximum absolute atomic E-state index is 11.8. The van der Waals surface area contributed by atoms with Crippen molar-refractivity contribution in [1.82, 2.24) is 5.16 Å². The fraction of sp³-hybridized carbons (Fsp3) is 0.111. The molecule has 5 heteroatoms. The van der Waals surface area contributed by atoms with Crippen LogP contribution in [0.5, 0.6) is 5.75 Å². The second-order valence-corrected chi connectivity index (χ2v) is 5.05. The number of carbonyl (C=O) groups is 1. The number of ether oxygens (including phenoxy) is 1. The number of carbonyl (C=O) groups excluding carboxylic acids is 1. The summed E-state index contributed by atoms with van der Waals surface area (Å²) in [5.41, 5.74) is 2.23. The van der Waals surface area contributed by atoms with E-state index >= 15 is 0 Å². The Hall–Kier alpha value is -3.08. The minimum Gasteiger partial charge on any atom is -0.484 e. The van der Waals surface area contributed by atoms with Gasteiger partial charge in [-0.3, -0.25) is 4.79 Å². The van der Waals surface area contributed by atoms with Crippen molar-refractivity contribution in [2.24, 2.45) is 0 Å². The first kappa shape index (κ1) is 14.8. The van der Waals surface area contributed by atoms with Gasteiger partial charge in [0, 0.05) is 6.07 Å². The van der Waals surface area contributed by atoms with Gasteiger partial charge in [0.05, 0.1) is 0 Å². The van der Waals surface area contributed by atoms with Crippen LogP contribution in [0, 0.1) is 6.92 Å². The number of aryl methyl sites for hydroxylation is 1. The van der Waals surface area contributed by atoms with Gasteiger partial charge in [-0.15, -0.1) is 0 Å². The molecule has 1 amide bonds. The summed E-state index contributed by atoms with van der Waals surface area (Å²) in [6.07, 6.45) is 0. The third-order valence-corrected chi connectivity index (χ3v) is 3.23. The molecule has 0 spiro atoms. The highest BCUT2D eigenvalue weighted by Gasteiger charge is 2.07. The lowest BCUT2D eigenvalue weighted by molar-refractivity contribution is -0.118. The molecule has 3 rings (SSSR count). The lowest BCUT2D eigenvalue weighted by atomic mass is 10.1. The number of benzene rings is 2. The summed E-state index contributed by atoms with van der Waals surface area (Å²) >= 11 is 0. The monoisotopic (exact) mass is 308 g/mol. The number of aromatic nitrogens is 1. The largest absolute Gasteiger partial charge is 0.484 e. The smallest absolute Gasteiger partial charge is 0.263 e. The molecule has 5 nitrogen and oxygen atoms in total. The van der Waals surface area contributed by atoms with Gasteiger partial charge in [0.15, 0.2) is 12.4 Å². The second kappa shape index (κ2) is 6.79. The highest BCUT2D eigenvalue weighted by atomic mass is 16.5. The van der Waals surface area contributed by atoms with Crippen molar-refractivity contribution in [3.05, 3.63) is 66.4 Å². The van der Waals surface area contributed by atoms with Gasteiger partial charge >= 0.3 is 0 Å². The van der Waals surface area contributed by atoms with Crippen LogP contribution in [0.2, 0.25) is 0 Å². The molecule has 2 aromatic carbocycles. The van der Waals surface area contributed by atoms with Crippen molar-refractivity contribution in [1.29, 1.82) is 0 Å². The van der Waals surface area contributed by atoms with Crippen LogP contribution in [-0.2, 0) is 4.79 Å². The zero-order valence-electron chi connectivity index (χ0n) is 12.7. The van der Waals surface area contributed by atoms with Crippen LogP contribution >= 0.6 is 0 Å². The topological polar surface area (TPSA) is 64.4 Å². The van der Waals surface area contributed by atoms with E-state index in [1.807, 2.05) is 54.6 Å². The maximum Gasteiger partial charge on any atom is 0.263 e. The Morgan fingerprint density at radius 1 is 1.09 bits per heavy atom. The number of nitrogens with zero attached hydrogens (tertiary/aromatic N) is 1. The van der Waals surface area contributed by atoms with E-state index in [4.69, 9.17) is 9.26 Å². The third-order valence-electron chi connectivity index (χ3n) is 3.23. The van der Waals surface area contributed by atoms with Crippen LogP contribution in [-0.4, -0.2) is 17.7 Å². The summed E-state index contributed by atoms with van der Waals surface area (Å²) < 4.78 is 10.3. The van der Waals surface area contributed by atoms with Gasteiger partial charge in [0.1, 0.15) is 11.5 Å². The first-order valence-corrected chi connectivity index (χ1v) is 7.22. The maximum atomic E-state index is 11.8. The molecule has 0 saturated heterocycles. The van der Waals surface area contributed by atoms with Crippen molar-refractivity contribution in [3.8, 4) is 16.9 Å². The van der Waals surface area contributed by atoms with Crippen LogP contribution in [0.15, 0.2) is 65.2 Å². The number of hydrogen-bond donors (Lipinski definition) is 1. The highest BCUT2D eigenvalue weighted by molar-refractivity contribution is 5.90. The van der Waals surface area contributed by atoms with E-state index < -0.39 is 0 Å². The molecule has 23 heavy (non-hydrogen) atoms. The van der Waals surface area contributed by atoms with Gasteiger partial charge < -0.3 is 14.6 Å². The van der Waals surface area contributed by atoms with E-state index in [0.717, 1.165) is 11.1 Å². The molecular weight excluding hydrogens is 292 g/mol. The number of nitrogens with one attached hydrogen (secondary N) is 1. The molecule has 0 unspecified atom stereocenters. The Kier molecular flexibility index (Phi) is 4.38. The molecule has 0 aliphatic carbocycles. The van der Waals surface area contributed by atoms with E-state index in [0.29, 0.717) is 17.3 Å². The molecule has 0 radical (unpaired) electrons. The molecule has 0 bridgehead atoms. The molecule has 116 valence electrons. The summed E-state index contributed by atoms with van der Waals surface area (Å²) in [6.45, 7) is 1.67. The molecule has 0 saturated carbocycles. The summed E-state index contributed by atoms with van der Waals surface area (Å²) in [7, 11) is 0. The number of hydrogen-bond acceptors (Lipinski definition) is 4. The van der Waals surface area contributed by atoms with E-state index in [2.05, 4.69) is 10.5 Å². The molecule has 0 aliphatic heterocycles. The van der Waals surface area contributed by atoms with Crippen LogP contribution < -0.4 is 10.1 Å². The Bertz CT molecular complexity index is 780. The van der Waals surface area contributed by atoms with Gasteiger partial charge in [-0.2, -0.15) is 0 Å². The van der Waals surface area contributed by atoms with Crippen LogP contribution in [0.3, 0.4) is 0 Å². The van der Waals surface area contributed by atoms with Crippen LogP contribution in [0.1, 0.15) is 5.76 Å². The van der Waals surface area contributed by atoms with E-state index in [1.54, 1.807) is 13.0 Å². The first-order chi connectivity index (χ1) is 11.2. The molecule has 0 aliphatic rings. The fourth-order valence-corrected chi connectivity index (χ4v) is 2.13. The molecular formula is C18H16N2O3. The quantitative estimate of drug-likeness (QED) is 0.781. The number of anilines is 1. The third kappa shape index (κ3) is 3.97. The number of rotatable bonds is 5. The molecule has 3 aromatic rings. The van der Waals surface area contributed by atoms with E-state index in [-0.39, 0.29) is 12.5 Å². The summed E-state index contributed by atoms with van der Waals surface area (Å²) in [4.78, 5) is 11.8. The van der Waals surface area contributed by atoms with Crippen LogP contribution in [0.25, 0.3) is 11.1 Å². The van der Waals surface area contributed by atoms with Crippen molar-refractivity contribution < 1.29 is 14.1 Å². The Morgan fingerprint density at radius 3 is 2.43 bits per heavy atom. The Morgan fingerprint density at radius 2 is 1.78 bits per heavy atom. The van der Waals surface area contributed by atoms with E-state index in [9.17, 15) is 4.79 Å². The number of amides is 1. The highest BCUT2D eigenvalue weighted by Crippen LogP contribution is 2.22. The molecule has 1 heterocycles. The average Bonchev–Trinajstić information content (AvgIpc) is 2.99. The van der Waals surface area contributed by atoms with Gasteiger partial charge in [0.25, 0.3) is 5.91 Å². The zero-order chi connectivity index (χ0) is 16.1. The molecule has 0 atom stereocenters. The minimum atomic E-state index is -0.287. The van der Waals surface area contributed by atoms with Crippen molar-refractivity contribution in [2.45, 2.75) is 6.92 Å². The fourth-order valence-electron chi connectivity index (χ4n) is 2.13. The lowest BCUT2D eigenvalue weighted by Gasteiger charge is -2.07. The Labute approximate surface area is 133 Å². The van der Waals surface area contributed by atoms with E-state index in [1.165, 1.54) is 0 Å². The van der Waals surface area contributed by atoms with Gasteiger partial charge in [-0.1, -0.05) is 47.6 Å². The average molecular weight is 308 g/mol. The Balaban J connectivity index is 1.55. The van der Waals surface area contributed by atoms with Gasteiger partial charge in [0.2, 0.25) is 0 Å². The van der Waals surface area contributed by atoms with Gasteiger partial charge in [-0.25, -0.2) is 0 Å². The summed E-state index contributed by atoms with van der Waals surface area (Å²) in [5.74, 6) is 1.37. The standard InChI is InChI=1S/C18H16N2O3/c1-13-11-17(20-23-13)19-18(21)12-22-16-9-7-15(8-10-16)14-5-3-2-4-6-14/h2-11H,12H2,1H3,(H,19,20,21). The second-order valence-electron chi connectivity index (χ2n) is 5.05. The van der Waals surface area contributed by atoms with Crippen molar-refractivity contribution >= 4 is 11.7 Å². The normalized spacial score (nSPS) is 10.3. The zero-order valence-corrected chi connectivity index (χ0v) is 12.7.